The van der Waals surface area contributed by atoms with Gasteiger partial charge < -0.3 is 18.9 Å². The van der Waals surface area contributed by atoms with Crippen LogP contribution in [0.15, 0.2) is 47.2 Å². The number of carboxylic acids is 1. The predicted molar refractivity (Wildman–Crippen MR) is 121 cm³/mol. The van der Waals surface area contributed by atoms with Crippen LogP contribution in [0.25, 0.3) is 33.3 Å². The Kier molecular flexibility index (Phi) is 5.27. The number of hydrogen-bond acceptors (Lipinski definition) is 5. The van der Waals surface area contributed by atoms with Gasteiger partial charge in [0.1, 0.15) is 5.76 Å². The summed E-state index contributed by atoms with van der Waals surface area (Å²) in [6.45, 7) is 5.39. The molecule has 0 saturated carbocycles. The highest BCUT2D eigenvalue weighted by Crippen LogP contribution is 2.34. The van der Waals surface area contributed by atoms with Crippen LogP contribution >= 0.6 is 0 Å². The number of nitrogens with zero attached hydrogens (tertiary/aromatic N) is 3. The van der Waals surface area contributed by atoms with Crippen LogP contribution in [0.4, 0.5) is 0 Å². The van der Waals surface area contributed by atoms with E-state index in [2.05, 4.69) is 22.0 Å². The van der Waals surface area contributed by atoms with Crippen LogP contribution in [-0.2, 0) is 11.3 Å². The van der Waals surface area contributed by atoms with Crippen molar-refractivity contribution in [1.29, 1.82) is 0 Å². The Hall–Kier alpha value is -3.45. The van der Waals surface area contributed by atoms with Gasteiger partial charge >= 0.3 is 5.97 Å². The molecule has 1 atom stereocenters. The van der Waals surface area contributed by atoms with Crippen LogP contribution in [0, 0.1) is 13.8 Å². The quantitative estimate of drug-likeness (QED) is 0.465. The molecule has 1 unspecified atom stereocenters. The van der Waals surface area contributed by atoms with Crippen LogP contribution in [0.2, 0.25) is 0 Å². The number of aromatic nitrogens is 3. The number of ether oxygens (including phenoxy) is 1. The summed E-state index contributed by atoms with van der Waals surface area (Å²) in [6, 6.07) is 9.06. The summed E-state index contributed by atoms with van der Waals surface area (Å²) in [6.07, 6.45) is 7.45. The maximum absolute atomic E-state index is 11.2. The molecule has 4 aromatic rings. The van der Waals surface area contributed by atoms with Crippen LogP contribution in [-0.4, -0.2) is 38.5 Å². The average molecular weight is 431 g/mol. The molecule has 0 aliphatic carbocycles. The molecule has 1 N–H and O–H groups in total. The van der Waals surface area contributed by atoms with Gasteiger partial charge in [-0.2, -0.15) is 0 Å². The Morgan fingerprint density at radius 3 is 2.66 bits per heavy atom. The zero-order chi connectivity index (χ0) is 22.2. The Balaban J connectivity index is 1.63. The number of aromatic carboxylic acids is 1. The van der Waals surface area contributed by atoms with E-state index in [4.69, 9.17) is 14.2 Å². The number of benzene rings is 1. The van der Waals surface area contributed by atoms with E-state index in [9.17, 15) is 9.90 Å². The van der Waals surface area contributed by atoms with Crippen LogP contribution in [0.1, 0.15) is 41.1 Å². The summed E-state index contributed by atoms with van der Waals surface area (Å²) in [4.78, 5) is 16.1. The van der Waals surface area contributed by atoms with Gasteiger partial charge in [0.2, 0.25) is 0 Å². The summed E-state index contributed by atoms with van der Waals surface area (Å²) >= 11 is 0. The van der Waals surface area contributed by atoms with Crippen molar-refractivity contribution in [2.24, 2.45) is 0 Å². The first kappa shape index (κ1) is 20.5. The molecule has 0 spiro atoms. The third-order valence-electron chi connectivity index (χ3n) is 6.16. The van der Waals surface area contributed by atoms with Crippen molar-refractivity contribution < 1.29 is 19.2 Å². The molecule has 32 heavy (non-hydrogen) atoms. The summed E-state index contributed by atoms with van der Waals surface area (Å²) in [5, 5.41) is 13.3. The van der Waals surface area contributed by atoms with E-state index < -0.39 is 5.97 Å². The Morgan fingerprint density at radius 2 is 2.00 bits per heavy atom. The Morgan fingerprint density at radius 1 is 1.19 bits per heavy atom. The third-order valence-corrected chi connectivity index (χ3v) is 6.16. The lowest BCUT2D eigenvalue weighted by atomic mass is 10.0. The van der Waals surface area contributed by atoms with Gasteiger partial charge in [-0.25, -0.2) is 4.79 Å². The fourth-order valence-electron chi connectivity index (χ4n) is 4.52. The number of aryl methyl sites for hydroxylation is 2. The van der Waals surface area contributed by atoms with Crippen molar-refractivity contribution >= 4 is 17.0 Å². The molecule has 1 aliphatic rings. The highest BCUT2D eigenvalue weighted by molar-refractivity contribution is 5.96. The smallest absolute Gasteiger partial charge is 0.335 e. The molecule has 1 fully saturated rings. The molecule has 7 heteroatoms. The zero-order valence-electron chi connectivity index (χ0n) is 18.2. The molecular formula is C25H25N3O4. The lowest BCUT2D eigenvalue weighted by Gasteiger charge is -2.23. The minimum atomic E-state index is -0.935. The molecule has 0 bridgehead atoms. The topological polar surface area (TPSA) is 90.4 Å². The largest absolute Gasteiger partial charge is 0.478 e. The number of hydrogen-bond donors (Lipinski definition) is 1. The molecule has 0 radical (unpaired) electrons. The van der Waals surface area contributed by atoms with Gasteiger partial charge in [0.25, 0.3) is 0 Å². The zero-order valence-corrected chi connectivity index (χ0v) is 18.2. The summed E-state index contributed by atoms with van der Waals surface area (Å²) in [5.74, 6) is -0.169. The molecule has 7 nitrogen and oxygen atoms in total. The highest BCUT2D eigenvalue weighted by Gasteiger charge is 2.20. The van der Waals surface area contributed by atoms with E-state index in [1.165, 1.54) is 6.42 Å². The van der Waals surface area contributed by atoms with Crippen LogP contribution < -0.4 is 0 Å². The average Bonchev–Trinajstić information content (AvgIpc) is 3.33. The van der Waals surface area contributed by atoms with Gasteiger partial charge in [0, 0.05) is 42.2 Å². The van der Waals surface area contributed by atoms with Crippen LogP contribution in [0.5, 0.6) is 0 Å². The Labute approximate surface area is 185 Å². The summed E-state index contributed by atoms with van der Waals surface area (Å²) in [7, 11) is 0. The monoisotopic (exact) mass is 431 g/mol. The van der Waals surface area contributed by atoms with E-state index in [1.54, 1.807) is 12.1 Å². The fraction of sp³-hybridized carbons (Fsp3) is 0.320. The molecule has 5 rings (SSSR count). The van der Waals surface area contributed by atoms with E-state index in [-0.39, 0.29) is 11.7 Å². The predicted octanol–water partition coefficient (Wildman–Crippen LogP) is 5.24. The maximum atomic E-state index is 11.2. The van der Waals surface area contributed by atoms with Gasteiger partial charge in [-0.3, -0.25) is 4.98 Å². The second-order valence-corrected chi connectivity index (χ2v) is 8.36. The first-order chi connectivity index (χ1) is 15.5. The van der Waals surface area contributed by atoms with Crippen molar-refractivity contribution in [3.63, 3.8) is 0 Å². The van der Waals surface area contributed by atoms with E-state index in [0.717, 1.165) is 70.7 Å². The van der Waals surface area contributed by atoms with E-state index >= 15 is 0 Å². The molecule has 1 aromatic carbocycles. The van der Waals surface area contributed by atoms with Gasteiger partial charge in [-0.1, -0.05) is 17.3 Å². The fourth-order valence-corrected chi connectivity index (χ4v) is 4.52. The number of pyridine rings is 1. The van der Waals surface area contributed by atoms with Crippen molar-refractivity contribution in [3.05, 3.63) is 59.7 Å². The number of carboxylic acid groups (broad SMARTS) is 1. The van der Waals surface area contributed by atoms with Gasteiger partial charge in [0.05, 0.1) is 28.4 Å². The van der Waals surface area contributed by atoms with E-state index in [0.29, 0.717) is 0 Å². The molecule has 0 amide bonds. The van der Waals surface area contributed by atoms with Gasteiger partial charge in [-0.05, 0) is 56.9 Å². The number of rotatable bonds is 5. The van der Waals surface area contributed by atoms with E-state index in [1.807, 2.05) is 32.2 Å². The van der Waals surface area contributed by atoms with Crippen molar-refractivity contribution in [3.8, 4) is 22.3 Å². The molecule has 3 aromatic heterocycles. The first-order valence-corrected chi connectivity index (χ1v) is 10.9. The maximum Gasteiger partial charge on any atom is 0.335 e. The van der Waals surface area contributed by atoms with Crippen LogP contribution in [0.3, 0.4) is 0 Å². The minimum absolute atomic E-state index is 0.171. The van der Waals surface area contributed by atoms with Crippen molar-refractivity contribution in [2.75, 3.05) is 6.61 Å². The van der Waals surface area contributed by atoms with Crippen molar-refractivity contribution in [2.45, 2.75) is 45.8 Å². The lowest BCUT2D eigenvalue weighted by Crippen LogP contribution is -2.24. The van der Waals surface area contributed by atoms with Gasteiger partial charge in [0.15, 0.2) is 0 Å². The standard InChI is InChI=1S/C25H25N3O4/c1-15-23(16(2)32-27-15)19-11-22-24(26-12-19)21(17-6-8-18(9-7-17)25(29)30)14-28(22)13-20-5-3-4-10-31-20/h6-9,11-12,14,20H,3-5,10,13H2,1-2H3,(H,29,30). The normalized spacial score (nSPS) is 16.5. The van der Waals surface area contributed by atoms with Gasteiger partial charge in [-0.15, -0.1) is 0 Å². The second kappa shape index (κ2) is 8.24. The second-order valence-electron chi connectivity index (χ2n) is 8.36. The SMILES string of the molecule is Cc1noc(C)c1-c1cnc2c(-c3ccc(C(=O)O)cc3)cn(CC3CCCCO3)c2c1. The number of carbonyl (C=O) groups is 1. The molecule has 164 valence electrons. The molecule has 1 aliphatic heterocycles. The highest BCUT2D eigenvalue weighted by atomic mass is 16.5. The minimum Gasteiger partial charge on any atom is -0.478 e. The molecular weight excluding hydrogens is 406 g/mol. The number of fused-ring (bicyclic) bond motifs is 1. The molecule has 4 heterocycles. The molecule has 1 saturated heterocycles. The third kappa shape index (κ3) is 3.69. The Bertz CT molecular complexity index is 1260. The lowest BCUT2D eigenvalue weighted by molar-refractivity contribution is 0.00671. The first-order valence-electron chi connectivity index (χ1n) is 10.9. The summed E-state index contributed by atoms with van der Waals surface area (Å²) < 4.78 is 13.6. The summed E-state index contributed by atoms with van der Waals surface area (Å²) in [5.41, 5.74) is 6.81. The van der Waals surface area contributed by atoms with Crippen molar-refractivity contribution in [1.82, 2.24) is 14.7 Å².